The van der Waals surface area contributed by atoms with E-state index in [9.17, 15) is 9.90 Å². The highest BCUT2D eigenvalue weighted by molar-refractivity contribution is 7.13. The number of nitrogens with one attached hydrogen (secondary N) is 2. The Kier molecular flexibility index (Phi) is 4.77. The fraction of sp³-hybridized carbons (Fsp3) is 0.312. The van der Waals surface area contributed by atoms with Gasteiger partial charge in [-0.15, -0.1) is 11.3 Å². The van der Waals surface area contributed by atoms with E-state index >= 15 is 0 Å². The highest BCUT2D eigenvalue weighted by Crippen LogP contribution is 2.26. The SMILES string of the molecule is CC(C)c1cc(C(=O)Nc2cc(-c3cccs3)nn2CCO)n[nH]1. The average molecular weight is 345 g/mol. The molecule has 3 N–H and O–H groups in total. The number of rotatable bonds is 6. The van der Waals surface area contributed by atoms with E-state index in [1.165, 1.54) is 0 Å². The molecule has 3 aromatic heterocycles. The molecule has 0 fully saturated rings. The number of thiophene rings is 1. The third kappa shape index (κ3) is 3.39. The lowest BCUT2D eigenvalue weighted by molar-refractivity contribution is 0.102. The molecule has 3 heterocycles. The Balaban J connectivity index is 1.83. The molecule has 0 aromatic carbocycles. The normalized spacial score (nSPS) is 11.2. The summed E-state index contributed by atoms with van der Waals surface area (Å²) in [7, 11) is 0. The fourth-order valence-electron chi connectivity index (χ4n) is 2.26. The van der Waals surface area contributed by atoms with E-state index < -0.39 is 0 Å². The number of carbonyl (C=O) groups is 1. The van der Waals surface area contributed by atoms with Gasteiger partial charge < -0.3 is 10.4 Å². The van der Waals surface area contributed by atoms with E-state index in [0.29, 0.717) is 18.1 Å². The molecule has 0 radical (unpaired) electrons. The van der Waals surface area contributed by atoms with Gasteiger partial charge in [-0.1, -0.05) is 19.9 Å². The summed E-state index contributed by atoms with van der Waals surface area (Å²) in [6, 6.07) is 7.45. The molecular formula is C16H19N5O2S. The number of carbonyl (C=O) groups excluding carboxylic acids is 1. The second-order valence-electron chi connectivity index (χ2n) is 5.66. The van der Waals surface area contributed by atoms with Gasteiger partial charge in [0.25, 0.3) is 5.91 Å². The van der Waals surface area contributed by atoms with E-state index in [4.69, 9.17) is 0 Å². The van der Waals surface area contributed by atoms with Gasteiger partial charge in [-0.05, 0) is 23.4 Å². The summed E-state index contributed by atoms with van der Waals surface area (Å²) in [4.78, 5) is 13.4. The fourth-order valence-corrected chi connectivity index (χ4v) is 2.94. The number of hydrogen-bond donors (Lipinski definition) is 3. The maximum absolute atomic E-state index is 12.4. The molecule has 7 nitrogen and oxygen atoms in total. The minimum absolute atomic E-state index is 0.0612. The molecule has 0 aliphatic carbocycles. The van der Waals surface area contributed by atoms with Crippen molar-refractivity contribution in [2.24, 2.45) is 0 Å². The molecular weight excluding hydrogens is 326 g/mol. The Hall–Kier alpha value is -2.45. The van der Waals surface area contributed by atoms with Crippen LogP contribution in [0.15, 0.2) is 29.6 Å². The van der Waals surface area contributed by atoms with Crippen molar-refractivity contribution in [3.63, 3.8) is 0 Å². The molecule has 3 aromatic rings. The van der Waals surface area contributed by atoms with E-state index in [1.54, 1.807) is 28.2 Å². The number of hydrogen-bond acceptors (Lipinski definition) is 5. The number of anilines is 1. The number of amides is 1. The van der Waals surface area contributed by atoms with Gasteiger partial charge in [-0.2, -0.15) is 10.2 Å². The maximum atomic E-state index is 12.4. The van der Waals surface area contributed by atoms with Crippen LogP contribution in [0.25, 0.3) is 10.6 Å². The van der Waals surface area contributed by atoms with Gasteiger partial charge in [-0.3, -0.25) is 9.89 Å². The van der Waals surface area contributed by atoms with Crippen molar-refractivity contribution in [1.29, 1.82) is 0 Å². The number of aliphatic hydroxyl groups excluding tert-OH is 1. The Morgan fingerprint density at radius 1 is 1.46 bits per heavy atom. The van der Waals surface area contributed by atoms with E-state index in [1.807, 2.05) is 31.4 Å². The molecule has 3 rings (SSSR count). The lowest BCUT2D eigenvalue weighted by atomic mass is 10.1. The van der Waals surface area contributed by atoms with Crippen LogP contribution in [0.3, 0.4) is 0 Å². The molecule has 0 aliphatic heterocycles. The van der Waals surface area contributed by atoms with Crippen LogP contribution in [-0.4, -0.2) is 37.6 Å². The summed E-state index contributed by atoms with van der Waals surface area (Å²) in [6.45, 7) is 4.30. The minimum Gasteiger partial charge on any atom is -0.394 e. The molecule has 0 saturated carbocycles. The molecule has 1 amide bonds. The van der Waals surface area contributed by atoms with Gasteiger partial charge in [0, 0.05) is 11.8 Å². The predicted molar refractivity (Wildman–Crippen MR) is 93.3 cm³/mol. The quantitative estimate of drug-likeness (QED) is 0.640. The van der Waals surface area contributed by atoms with Gasteiger partial charge in [0.05, 0.1) is 18.0 Å². The number of aromatic nitrogens is 4. The lowest BCUT2D eigenvalue weighted by Crippen LogP contribution is -2.17. The van der Waals surface area contributed by atoms with Gasteiger partial charge in [0.15, 0.2) is 5.69 Å². The first-order valence-electron chi connectivity index (χ1n) is 7.67. The summed E-state index contributed by atoms with van der Waals surface area (Å²) in [6.07, 6.45) is 0. The molecule has 0 unspecified atom stereocenters. The minimum atomic E-state index is -0.310. The van der Waals surface area contributed by atoms with E-state index in [-0.39, 0.29) is 18.4 Å². The Bertz CT molecular complexity index is 820. The second kappa shape index (κ2) is 6.98. The lowest BCUT2D eigenvalue weighted by Gasteiger charge is -2.05. The molecule has 126 valence electrons. The van der Waals surface area contributed by atoms with E-state index in [2.05, 4.69) is 20.6 Å². The van der Waals surface area contributed by atoms with Crippen LogP contribution in [0.1, 0.15) is 35.9 Å². The predicted octanol–water partition coefficient (Wildman–Crippen LogP) is 2.70. The first-order valence-corrected chi connectivity index (χ1v) is 8.55. The highest BCUT2D eigenvalue weighted by atomic mass is 32.1. The zero-order valence-corrected chi connectivity index (χ0v) is 14.3. The van der Waals surface area contributed by atoms with Crippen LogP contribution in [0.5, 0.6) is 0 Å². The number of nitrogens with zero attached hydrogens (tertiary/aromatic N) is 3. The van der Waals surface area contributed by atoms with E-state index in [0.717, 1.165) is 16.3 Å². The van der Waals surface area contributed by atoms with Crippen molar-refractivity contribution in [2.45, 2.75) is 26.3 Å². The second-order valence-corrected chi connectivity index (χ2v) is 6.60. The standard InChI is InChI=1S/C16H19N5O2S/c1-10(2)11-8-13(19-18-11)16(23)17-15-9-12(14-4-3-7-24-14)20-21(15)5-6-22/h3-4,7-10,22H,5-6H2,1-2H3,(H,17,23)(H,18,19). The molecule has 0 bridgehead atoms. The van der Waals surface area contributed by atoms with Crippen molar-refractivity contribution in [3.05, 3.63) is 41.0 Å². The summed E-state index contributed by atoms with van der Waals surface area (Å²) in [5.41, 5.74) is 2.00. The zero-order valence-electron chi connectivity index (χ0n) is 13.5. The third-order valence-electron chi connectivity index (χ3n) is 3.56. The first-order chi connectivity index (χ1) is 11.6. The maximum Gasteiger partial charge on any atom is 0.277 e. The van der Waals surface area contributed by atoms with Crippen LogP contribution in [0.2, 0.25) is 0 Å². The van der Waals surface area contributed by atoms with Crippen molar-refractivity contribution in [3.8, 4) is 10.6 Å². The summed E-state index contributed by atoms with van der Waals surface area (Å²) < 4.78 is 1.59. The van der Waals surface area contributed by atoms with Crippen LogP contribution < -0.4 is 5.32 Å². The highest BCUT2D eigenvalue weighted by Gasteiger charge is 2.16. The molecule has 0 saturated heterocycles. The third-order valence-corrected chi connectivity index (χ3v) is 4.45. The Morgan fingerprint density at radius 3 is 2.92 bits per heavy atom. The molecule has 0 aliphatic rings. The summed E-state index contributed by atoms with van der Waals surface area (Å²) in [5.74, 6) is 0.492. The van der Waals surface area contributed by atoms with Crippen LogP contribution >= 0.6 is 11.3 Å². The first kappa shape index (κ1) is 16.4. The van der Waals surface area contributed by atoms with Crippen LogP contribution in [0.4, 0.5) is 5.82 Å². The average Bonchev–Trinajstić information content (AvgIpc) is 3.28. The van der Waals surface area contributed by atoms with Gasteiger partial charge in [0.1, 0.15) is 11.5 Å². The number of aliphatic hydroxyl groups is 1. The van der Waals surface area contributed by atoms with Crippen molar-refractivity contribution in [1.82, 2.24) is 20.0 Å². The molecule has 0 spiro atoms. The van der Waals surface area contributed by atoms with Crippen LogP contribution in [-0.2, 0) is 6.54 Å². The number of aromatic amines is 1. The topological polar surface area (TPSA) is 95.8 Å². The molecule has 8 heteroatoms. The van der Waals surface area contributed by atoms with Crippen molar-refractivity contribution in [2.75, 3.05) is 11.9 Å². The Labute approximate surface area is 143 Å². The monoisotopic (exact) mass is 345 g/mol. The smallest absolute Gasteiger partial charge is 0.277 e. The zero-order chi connectivity index (χ0) is 17.1. The summed E-state index contributed by atoms with van der Waals surface area (Å²) >= 11 is 1.57. The molecule has 0 atom stereocenters. The van der Waals surface area contributed by atoms with Gasteiger partial charge in [-0.25, -0.2) is 4.68 Å². The number of H-pyrrole nitrogens is 1. The largest absolute Gasteiger partial charge is 0.394 e. The van der Waals surface area contributed by atoms with Crippen LogP contribution in [0, 0.1) is 0 Å². The van der Waals surface area contributed by atoms with Crippen molar-refractivity contribution < 1.29 is 9.90 Å². The van der Waals surface area contributed by atoms with Gasteiger partial charge >= 0.3 is 0 Å². The Morgan fingerprint density at radius 2 is 2.29 bits per heavy atom. The molecule has 24 heavy (non-hydrogen) atoms. The summed E-state index contributed by atoms with van der Waals surface area (Å²) in [5, 5.41) is 25.4. The van der Waals surface area contributed by atoms with Crippen molar-refractivity contribution >= 4 is 23.1 Å². The van der Waals surface area contributed by atoms with Gasteiger partial charge in [0.2, 0.25) is 0 Å².